The van der Waals surface area contributed by atoms with E-state index in [2.05, 4.69) is 15.9 Å². The number of nitrogens with two attached hydrogens (primary N) is 1. The predicted molar refractivity (Wildman–Crippen MR) is 77.1 cm³/mol. The largest absolute Gasteiger partial charge is 0.495 e. The van der Waals surface area contributed by atoms with Crippen LogP contribution in [0.4, 0.5) is 0 Å². The number of halogens is 2. The summed E-state index contributed by atoms with van der Waals surface area (Å²) in [6.07, 6.45) is 0.667. The number of rotatable bonds is 3. The Morgan fingerprint density at radius 1 is 1.53 bits per heavy atom. The first-order valence-corrected chi connectivity index (χ1v) is 8.26. The van der Waals surface area contributed by atoms with Gasteiger partial charge in [0.15, 0.2) is 0 Å². The standard InChI is InChI=1S/C11H14BrClN2O3S/c1-18-10-4-8(12)11(5-9(10)13)19(16,17)15-3-2-7(14)6-15/h4-5,7H,2-3,6,14H2,1H3/t7-/m0/s1. The van der Waals surface area contributed by atoms with Gasteiger partial charge in [0, 0.05) is 23.6 Å². The molecule has 0 bridgehead atoms. The van der Waals surface area contributed by atoms with E-state index in [1.807, 2.05) is 0 Å². The SMILES string of the molecule is COc1cc(Br)c(S(=O)(=O)N2CC[C@H](N)C2)cc1Cl. The van der Waals surface area contributed by atoms with Gasteiger partial charge >= 0.3 is 0 Å². The second-order valence-electron chi connectivity index (χ2n) is 4.33. The summed E-state index contributed by atoms with van der Waals surface area (Å²) in [6, 6.07) is 2.83. The lowest BCUT2D eigenvalue weighted by atomic mass is 10.3. The second kappa shape index (κ2) is 5.57. The lowest BCUT2D eigenvalue weighted by molar-refractivity contribution is 0.414. The van der Waals surface area contributed by atoms with E-state index in [9.17, 15) is 8.42 Å². The maximum Gasteiger partial charge on any atom is 0.244 e. The van der Waals surface area contributed by atoms with Crippen molar-refractivity contribution in [2.45, 2.75) is 17.4 Å². The topological polar surface area (TPSA) is 72.6 Å². The zero-order valence-electron chi connectivity index (χ0n) is 10.3. The van der Waals surface area contributed by atoms with Crippen molar-refractivity contribution in [1.82, 2.24) is 4.31 Å². The van der Waals surface area contributed by atoms with Crippen LogP contribution in [0, 0.1) is 0 Å². The van der Waals surface area contributed by atoms with Crippen molar-refractivity contribution in [3.8, 4) is 5.75 Å². The molecule has 1 atom stereocenters. The monoisotopic (exact) mass is 368 g/mol. The van der Waals surface area contributed by atoms with Crippen LogP contribution in [-0.2, 0) is 10.0 Å². The Bertz CT molecular complexity index is 594. The molecule has 1 aliphatic heterocycles. The number of ether oxygens (including phenoxy) is 1. The Morgan fingerprint density at radius 3 is 2.74 bits per heavy atom. The van der Waals surface area contributed by atoms with Gasteiger partial charge in [-0.15, -0.1) is 0 Å². The Kier molecular flexibility index (Phi) is 4.42. The van der Waals surface area contributed by atoms with Crippen molar-refractivity contribution in [2.24, 2.45) is 5.73 Å². The third-order valence-electron chi connectivity index (χ3n) is 3.01. The Morgan fingerprint density at radius 2 is 2.21 bits per heavy atom. The third-order valence-corrected chi connectivity index (χ3v) is 6.13. The average Bonchev–Trinajstić information content (AvgIpc) is 2.79. The van der Waals surface area contributed by atoms with E-state index in [1.54, 1.807) is 6.07 Å². The molecular formula is C11H14BrClN2O3S. The van der Waals surface area contributed by atoms with Gasteiger partial charge in [-0.1, -0.05) is 11.6 Å². The average molecular weight is 370 g/mol. The fourth-order valence-electron chi connectivity index (χ4n) is 1.98. The Labute approximate surface area is 125 Å². The molecule has 2 N–H and O–H groups in total. The molecule has 0 spiro atoms. The summed E-state index contributed by atoms with van der Waals surface area (Å²) >= 11 is 9.23. The number of nitrogens with zero attached hydrogens (tertiary/aromatic N) is 1. The molecule has 1 heterocycles. The fraction of sp³-hybridized carbons (Fsp3) is 0.455. The molecule has 1 fully saturated rings. The molecule has 0 radical (unpaired) electrons. The van der Waals surface area contributed by atoms with E-state index in [1.165, 1.54) is 17.5 Å². The third kappa shape index (κ3) is 2.90. The van der Waals surface area contributed by atoms with Gasteiger partial charge in [-0.2, -0.15) is 4.31 Å². The first-order valence-electron chi connectivity index (χ1n) is 5.65. The highest BCUT2D eigenvalue weighted by Gasteiger charge is 2.32. The normalized spacial score (nSPS) is 20.7. The summed E-state index contributed by atoms with van der Waals surface area (Å²) in [5.74, 6) is 0.422. The van der Waals surface area contributed by atoms with Crippen LogP contribution < -0.4 is 10.5 Å². The number of hydrogen-bond donors (Lipinski definition) is 1. The lowest BCUT2D eigenvalue weighted by Gasteiger charge is -2.17. The molecule has 2 rings (SSSR count). The maximum absolute atomic E-state index is 12.5. The molecule has 0 saturated carbocycles. The molecule has 1 aliphatic rings. The van der Waals surface area contributed by atoms with Gasteiger partial charge in [0.05, 0.1) is 17.0 Å². The van der Waals surface area contributed by atoms with Gasteiger partial charge in [-0.3, -0.25) is 0 Å². The summed E-state index contributed by atoms with van der Waals surface area (Å²) in [4.78, 5) is 0.132. The number of hydrogen-bond acceptors (Lipinski definition) is 4. The quantitative estimate of drug-likeness (QED) is 0.882. The maximum atomic E-state index is 12.5. The summed E-state index contributed by atoms with van der Waals surface area (Å²) in [5.41, 5.74) is 5.75. The summed E-state index contributed by atoms with van der Waals surface area (Å²) < 4.78 is 31.8. The van der Waals surface area contributed by atoms with Gasteiger partial charge in [-0.05, 0) is 34.5 Å². The van der Waals surface area contributed by atoms with Gasteiger partial charge in [0.2, 0.25) is 10.0 Å². The summed E-state index contributed by atoms with van der Waals surface area (Å²) in [6.45, 7) is 0.762. The van der Waals surface area contributed by atoms with Crippen LogP contribution >= 0.6 is 27.5 Å². The molecule has 19 heavy (non-hydrogen) atoms. The van der Waals surface area contributed by atoms with Crippen LogP contribution in [0.1, 0.15) is 6.42 Å². The minimum absolute atomic E-state index is 0.109. The van der Waals surface area contributed by atoms with Crippen molar-refractivity contribution in [2.75, 3.05) is 20.2 Å². The van der Waals surface area contributed by atoms with Gasteiger partial charge in [0.1, 0.15) is 5.75 Å². The van der Waals surface area contributed by atoms with Crippen LogP contribution in [0.5, 0.6) is 5.75 Å². The predicted octanol–water partition coefficient (Wildman–Crippen LogP) is 1.83. The molecule has 0 aliphatic carbocycles. The van der Waals surface area contributed by atoms with Gasteiger partial charge in [-0.25, -0.2) is 8.42 Å². The van der Waals surface area contributed by atoms with E-state index >= 15 is 0 Å². The van der Waals surface area contributed by atoms with Crippen LogP contribution in [0.15, 0.2) is 21.5 Å². The molecule has 106 valence electrons. The van der Waals surface area contributed by atoms with E-state index in [0.29, 0.717) is 29.7 Å². The van der Waals surface area contributed by atoms with Gasteiger partial charge < -0.3 is 10.5 Å². The Balaban J connectivity index is 2.44. The first-order chi connectivity index (χ1) is 8.86. The number of benzene rings is 1. The molecule has 8 heteroatoms. The van der Waals surface area contributed by atoms with Gasteiger partial charge in [0.25, 0.3) is 0 Å². The van der Waals surface area contributed by atoms with Crippen molar-refractivity contribution in [3.63, 3.8) is 0 Å². The van der Waals surface area contributed by atoms with Crippen molar-refractivity contribution in [3.05, 3.63) is 21.6 Å². The van der Waals surface area contributed by atoms with E-state index in [4.69, 9.17) is 22.1 Å². The smallest absolute Gasteiger partial charge is 0.244 e. The molecule has 1 aromatic rings. The number of sulfonamides is 1. The molecular weight excluding hydrogens is 356 g/mol. The summed E-state index contributed by atoms with van der Waals surface area (Å²) in [5, 5.41) is 0.257. The van der Waals surface area contributed by atoms with Crippen LogP contribution in [0.2, 0.25) is 5.02 Å². The van der Waals surface area contributed by atoms with Crippen molar-refractivity contribution in [1.29, 1.82) is 0 Å². The van der Waals surface area contributed by atoms with Crippen LogP contribution in [0.3, 0.4) is 0 Å². The van der Waals surface area contributed by atoms with Crippen LogP contribution in [0.25, 0.3) is 0 Å². The Hall–Kier alpha value is -0.340. The molecule has 5 nitrogen and oxygen atoms in total. The molecule has 0 amide bonds. The van der Waals surface area contributed by atoms with E-state index in [-0.39, 0.29) is 16.0 Å². The molecule has 0 unspecified atom stereocenters. The fourth-order valence-corrected chi connectivity index (χ4v) is 4.80. The molecule has 1 aromatic carbocycles. The van der Waals surface area contributed by atoms with Crippen molar-refractivity contribution >= 4 is 37.6 Å². The number of methoxy groups -OCH3 is 1. The highest BCUT2D eigenvalue weighted by molar-refractivity contribution is 9.10. The van der Waals surface area contributed by atoms with Crippen LogP contribution in [-0.4, -0.2) is 39.0 Å². The minimum atomic E-state index is -3.58. The van der Waals surface area contributed by atoms with E-state index < -0.39 is 10.0 Å². The summed E-state index contributed by atoms with van der Waals surface area (Å²) in [7, 11) is -2.11. The first kappa shape index (κ1) is 15.1. The zero-order chi connectivity index (χ0) is 14.2. The minimum Gasteiger partial charge on any atom is -0.495 e. The second-order valence-corrected chi connectivity index (χ2v) is 7.50. The van der Waals surface area contributed by atoms with Crippen molar-refractivity contribution < 1.29 is 13.2 Å². The highest BCUT2D eigenvalue weighted by atomic mass is 79.9. The highest BCUT2D eigenvalue weighted by Crippen LogP contribution is 2.35. The molecule has 1 saturated heterocycles. The zero-order valence-corrected chi connectivity index (χ0v) is 13.4. The lowest BCUT2D eigenvalue weighted by Crippen LogP contribution is -2.32. The van der Waals surface area contributed by atoms with E-state index in [0.717, 1.165) is 0 Å². The molecule has 0 aromatic heterocycles.